The molecule has 0 saturated carbocycles. The van der Waals surface area contributed by atoms with Gasteiger partial charge in [0.15, 0.2) is 0 Å². The Labute approximate surface area is 185 Å². The van der Waals surface area contributed by atoms with Crippen LogP contribution in [0.3, 0.4) is 0 Å². The maximum Gasteiger partial charge on any atom is 0.337 e. The first-order valence-electron chi connectivity index (χ1n) is 10.1. The lowest BCUT2D eigenvalue weighted by Crippen LogP contribution is -2.52. The average molecular weight is 430 g/mol. The zero-order chi connectivity index (χ0) is 22.7. The molecule has 0 radical (unpaired) electrons. The van der Waals surface area contributed by atoms with Gasteiger partial charge in [-0.25, -0.2) is 9.59 Å². The van der Waals surface area contributed by atoms with Crippen LogP contribution in [-0.4, -0.2) is 48.3 Å². The van der Waals surface area contributed by atoms with Crippen molar-refractivity contribution >= 4 is 23.7 Å². The summed E-state index contributed by atoms with van der Waals surface area (Å²) >= 11 is 0. The monoisotopic (exact) mass is 430 g/mol. The Morgan fingerprint density at radius 2 is 1.34 bits per heavy atom. The fourth-order valence-electron chi connectivity index (χ4n) is 4.01. The van der Waals surface area contributed by atoms with Gasteiger partial charge in [-0.15, -0.1) is 0 Å². The third-order valence-electron chi connectivity index (χ3n) is 5.66. The molecule has 4 rings (SSSR count). The van der Waals surface area contributed by atoms with E-state index < -0.39 is 17.5 Å². The van der Waals surface area contributed by atoms with Crippen LogP contribution in [0, 0.1) is 0 Å². The highest BCUT2D eigenvalue weighted by Gasteiger charge is 2.49. The maximum absolute atomic E-state index is 13.3. The molecule has 0 atom stereocenters. The maximum atomic E-state index is 13.3. The molecule has 0 aliphatic carbocycles. The molecule has 0 bridgehead atoms. The van der Waals surface area contributed by atoms with Crippen LogP contribution < -0.4 is 0 Å². The fraction of sp³-hybridized carbons (Fsp3) is 0.200. The predicted molar refractivity (Wildman–Crippen MR) is 118 cm³/mol. The number of carbonyl (C=O) groups is 3. The van der Waals surface area contributed by atoms with Gasteiger partial charge in [0, 0.05) is 19.0 Å². The van der Waals surface area contributed by atoms with E-state index in [2.05, 4.69) is 4.99 Å². The minimum Gasteiger partial charge on any atom is -0.465 e. The van der Waals surface area contributed by atoms with Crippen molar-refractivity contribution in [2.75, 3.05) is 14.2 Å². The summed E-state index contributed by atoms with van der Waals surface area (Å²) in [6.07, 6.45) is 8.15. The van der Waals surface area contributed by atoms with Gasteiger partial charge in [0.25, 0.3) is 5.91 Å². The standard InChI is InChI=1S/C25H22N2O5/c1-31-22(28)19-10-6-17(7-11-19)15-25(24(30)26-21-5-3-4-14-27(21)25)16-18-8-12-20(13-9-18)23(29)32-2/h3-14H,15-16H2,1-2H3. The van der Waals surface area contributed by atoms with Crippen molar-refractivity contribution in [2.45, 2.75) is 18.4 Å². The second kappa shape index (κ2) is 8.63. The molecule has 32 heavy (non-hydrogen) atoms. The van der Waals surface area contributed by atoms with Crippen molar-refractivity contribution in [1.29, 1.82) is 0 Å². The molecule has 7 nitrogen and oxygen atoms in total. The highest BCUT2D eigenvalue weighted by Crippen LogP contribution is 2.34. The van der Waals surface area contributed by atoms with Crippen LogP contribution in [0.2, 0.25) is 0 Å². The van der Waals surface area contributed by atoms with Crippen LogP contribution in [0.4, 0.5) is 0 Å². The highest BCUT2D eigenvalue weighted by molar-refractivity contribution is 6.12. The van der Waals surface area contributed by atoms with Crippen LogP contribution in [0.1, 0.15) is 31.8 Å². The Kier molecular flexibility index (Phi) is 5.73. The Morgan fingerprint density at radius 3 is 1.81 bits per heavy atom. The minimum atomic E-state index is -0.962. The number of carbonyl (C=O) groups excluding carboxylic acids is 3. The number of aliphatic imine (C=N–C) groups is 1. The second-order valence-electron chi connectivity index (χ2n) is 7.61. The first-order valence-corrected chi connectivity index (χ1v) is 10.1. The quantitative estimate of drug-likeness (QED) is 0.655. The van der Waals surface area contributed by atoms with Gasteiger partial charge in [0.1, 0.15) is 11.4 Å². The smallest absolute Gasteiger partial charge is 0.337 e. The summed E-state index contributed by atoms with van der Waals surface area (Å²) in [5, 5.41) is 0. The molecule has 1 amide bonds. The van der Waals surface area contributed by atoms with Gasteiger partial charge < -0.3 is 14.4 Å². The molecule has 2 aromatic carbocycles. The van der Waals surface area contributed by atoms with E-state index in [1.807, 2.05) is 47.5 Å². The van der Waals surface area contributed by atoms with Crippen molar-refractivity contribution in [3.63, 3.8) is 0 Å². The first kappa shape index (κ1) is 21.2. The number of benzene rings is 2. The van der Waals surface area contributed by atoms with Gasteiger partial charge in [-0.05, 0) is 47.5 Å². The van der Waals surface area contributed by atoms with Crippen LogP contribution in [0.5, 0.6) is 0 Å². The summed E-state index contributed by atoms with van der Waals surface area (Å²) in [5.74, 6) is -0.472. The van der Waals surface area contributed by atoms with Gasteiger partial charge in [0.05, 0.1) is 25.3 Å². The molecule has 0 saturated heterocycles. The van der Waals surface area contributed by atoms with E-state index in [-0.39, 0.29) is 5.91 Å². The molecule has 0 aromatic heterocycles. The lowest BCUT2D eigenvalue weighted by atomic mass is 9.82. The Morgan fingerprint density at radius 1 is 0.844 bits per heavy atom. The topological polar surface area (TPSA) is 85.3 Å². The molecular formula is C25H22N2O5. The number of ether oxygens (including phenoxy) is 2. The van der Waals surface area contributed by atoms with Crippen LogP contribution >= 0.6 is 0 Å². The van der Waals surface area contributed by atoms with Crippen LogP contribution in [0.15, 0.2) is 78.0 Å². The SMILES string of the molecule is COC(=O)c1ccc(CC2(Cc3ccc(C(=O)OC)cc3)C(=O)N=C3C=CC=CN32)cc1. The van der Waals surface area contributed by atoms with Crippen molar-refractivity contribution in [2.24, 2.45) is 4.99 Å². The minimum absolute atomic E-state index is 0.238. The zero-order valence-corrected chi connectivity index (χ0v) is 17.8. The van der Waals surface area contributed by atoms with Crippen LogP contribution in [-0.2, 0) is 27.1 Å². The summed E-state index contributed by atoms with van der Waals surface area (Å²) in [5.41, 5.74) is 1.70. The summed E-state index contributed by atoms with van der Waals surface area (Å²) < 4.78 is 9.52. The van der Waals surface area contributed by atoms with E-state index in [9.17, 15) is 14.4 Å². The number of amidine groups is 1. The molecule has 7 heteroatoms. The van der Waals surface area contributed by atoms with Crippen molar-refractivity contribution in [3.8, 4) is 0 Å². The number of methoxy groups -OCH3 is 2. The summed E-state index contributed by atoms with van der Waals surface area (Å²) in [4.78, 5) is 43.0. The van der Waals surface area contributed by atoms with E-state index in [4.69, 9.17) is 9.47 Å². The van der Waals surface area contributed by atoms with E-state index in [1.165, 1.54) is 14.2 Å². The molecule has 0 N–H and O–H groups in total. The molecule has 0 spiro atoms. The fourth-order valence-corrected chi connectivity index (χ4v) is 4.01. The van der Waals surface area contributed by atoms with Crippen molar-refractivity contribution in [3.05, 3.63) is 95.2 Å². The average Bonchev–Trinajstić information content (AvgIpc) is 3.10. The lowest BCUT2D eigenvalue weighted by Gasteiger charge is -2.37. The number of amides is 1. The largest absolute Gasteiger partial charge is 0.465 e. The van der Waals surface area contributed by atoms with Gasteiger partial charge >= 0.3 is 11.9 Å². The highest BCUT2D eigenvalue weighted by atomic mass is 16.5. The summed E-state index contributed by atoms with van der Waals surface area (Å²) in [7, 11) is 2.67. The number of esters is 2. The molecule has 2 aliphatic rings. The summed E-state index contributed by atoms with van der Waals surface area (Å²) in [6, 6.07) is 14.0. The molecule has 0 fully saturated rings. The number of hydrogen-bond acceptors (Lipinski definition) is 6. The number of fused-ring (bicyclic) bond motifs is 1. The molecule has 162 valence electrons. The molecular weight excluding hydrogens is 408 g/mol. The zero-order valence-electron chi connectivity index (χ0n) is 17.8. The number of nitrogens with zero attached hydrogens (tertiary/aromatic N) is 2. The number of allylic oxidation sites excluding steroid dienone is 2. The van der Waals surface area contributed by atoms with Crippen LogP contribution in [0.25, 0.3) is 0 Å². The Balaban J connectivity index is 1.68. The third-order valence-corrected chi connectivity index (χ3v) is 5.66. The molecule has 0 unspecified atom stereocenters. The second-order valence-corrected chi connectivity index (χ2v) is 7.61. The van der Waals surface area contributed by atoms with Gasteiger partial charge in [-0.2, -0.15) is 4.99 Å². The Hall–Kier alpha value is -4.00. The van der Waals surface area contributed by atoms with E-state index in [0.29, 0.717) is 29.8 Å². The van der Waals surface area contributed by atoms with Crippen molar-refractivity contribution in [1.82, 2.24) is 4.90 Å². The first-order chi connectivity index (χ1) is 15.5. The van der Waals surface area contributed by atoms with Gasteiger partial charge in [-0.3, -0.25) is 4.79 Å². The molecule has 2 aliphatic heterocycles. The molecule has 2 heterocycles. The van der Waals surface area contributed by atoms with E-state index in [1.54, 1.807) is 30.3 Å². The number of hydrogen-bond donors (Lipinski definition) is 0. The Bertz CT molecular complexity index is 1080. The van der Waals surface area contributed by atoms with Gasteiger partial charge in [0.2, 0.25) is 0 Å². The van der Waals surface area contributed by atoms with Crippen molar-refractivity contribution < 1.29 is 23.9 Å². The summed E-state index contributed by atoms with van der Waals surface area (Å²) in [6.45, 7) is 0. The third kappa shape index (κ3) is 3.85. The number of rotatable bonds is 6. The normalized spacial score (nSPS) is 15.9. The predicted octanol–water partition coefficient (Wildman–Crippen LogP) is 3.11. The van der Waals surface area contributed by atoms with E-state index >= 15 is 0 Å². The van der Waals surface area contributed by atoms with Gasteiger partial charge in [-0.1, -0.05) is 30.3 Å². The molecule has 2 aromatic rings. The lowest BCUT2D eigenvalue weighted by molar-refractivity contribution is -0.124. The van der Waals surface area contributed by atoms with E-state index in [0.717, 1.165) is 11.1 Å².